The summed E-state index contributed by atoms with van der Waals surface area (Å²) >= 11 is 0. The number of ether oxygens (including phenoxy) is 2. The highest BCUT2D eigenvalue weighted by atomic mass is 16.6. The molecule has 0 atom stereocenters. The summed E-state index contributed by atoms with van der Waals surface area (Å²) in [7, 11) is 0. The SMILES string of the molecule is CC1(C)c2ccccc2-c2cc3c(cc21)Oc1c(cccc1-c1nc(-c2ccccc2)nc(-c2cccc(-c4ccccn4)c2)n1)O3. The van der Waals surface area contributed by atoms with E-state index in [1.54, 1.807) is 6.20 Å². The lowest BCUT2D eigenvalue weighted by atomic mass is 9.82. The fourth-order valence-corrected chi connectivity index (χ4v) is 6.67. The molecule has 2 aliphatic rings. The van der Waals surface area contributed by atoms with Crippen molar-refractivity contribution in [3.05, 3.63) is 145 Å². The molecular weight excluding hydrogens is 580 g/mol. The average Bonchev–Trinajstić information content (AvgIpc) is 3.35. The standard InChI is InChI=1S/C41H28N4O2/c1-41(2)31-18-7-6-16-28(31)30-23-35-36(24-32(30)41)47-37-29(17-11-20-34(37)46-35)40-44-38(25-12-4-3-5-13-25)43-39(45-40)27-15-10-14-26(22-27)33-19-8-9-21-42-33/h3-24H,1-2H3. The van der Waals surface area contributed by atoms with Crippen molar-refractivity contribution in [2.45, 2.75) is 19.3 Å². The fraction of sp³-hybridized carbons (Fsp3) is 0.0732. The van der Waals surface area contributed by atoms with E-state index in [4.69, 9.17) is 24.4 Å². The van der Waals surface area contributed by atoms with Gasteiger partial charge in [0.1, 0.15) is 0 Å². The average molecular weight is 609 g/mol. The minimum Gasteiger partial charge on any atom is -0.449 e. The lowest BCUT2D eigenvalue weighted by Crippen LogP contribution is -2.15. The van der Waals surface area contributed by atoms with Gasteiger partial charge >= 0.3 is 0 Å². The summed E-state index contributed by atoms with van der Waals surface area (Å²) in [6.45, 7) is 4.51. The number of benzene rings is 5. The van der Waals surface area contributed by atoms with E-state index in [-0.39, 0.29) is 5.41 Å². The maximum Gasteiger partial charge on any atom is 0.181 e. The Morgan fingerprint density at radius 2 is 1.15 bits per heavy atom. The molecule has 2 aromatic heterocycles. The molecule has 6 heteroatoms. The van der Waals surface area contributed by atoms with Gasteiger partial charge in [-0.25, -0.2) is 15.0 Å². The van der Waals surface area contributed by atoms with Crippen molar-refractivity contribution >= 4 is 0 Å². The zero-order chi connectivity index (χ0) is 31.5. The van der Waals surface area contributed by atoms with Gasteiger partial charge in [0.25, 0.3) is 0 Å². The van der Waals surface area contributed by atoms with Gasteiger partial charge in [-0.1, -0.05) is 98.8 Å². The van der Waals surface area contributed by atoms with Crippen LogP contribution in [0.25, 0.3) is 56.5 Å². The molecule has 224 valence electrons. The number of pyridine rings is 1. The van der Waals surface area contributed by atoms with Crippen LogP contribution in [0.1, 0.15) is 25.0 Å². The third-order valence-corrected chi connectivity index (χ3v) is 9.05. The first-order valence-corrected chi connectivity index (χ1v) is 15.6. The van der Waals surface area contributed by atoms with Gasteiger partial charge in [0, 0.05) is 28.3 Å². The summed E-state index contributed by atoms with van der Waals surface area (Å²) < 4.78 is 13.3. The zero-order valence-corrected chi connectivity index (χ0v) is 25.8. The maximum absolute atomic E-state index is 6.71. The molecule has 6 nitrogen and oxygen atoms in total. The Morgan fingerprint density at radius 3 is 2.00 bits per heavy atom. The number of nitrogens with zero attached hydrogens (tertiary/aromatic N) is 4. The largest absolute Gasteiger partial charge is 0.449 e. The summed E-state index contributed by atoms with van der Waals surface area (Å²) in [6, 6.07) is 42.6. The molecule has 47 heavy (non-hydrogen) atoms. The molecule has 0 fully saturated rings. The number of para-hydroxylation sites is 1. The normalized spacial score (nSPS) is 13.4. The molecule has 0 saturated carbocycles. The van der Waals surface area contributed by atoms with Crippen molar-refractivity contribution < 1.29 is 9.47 Å². The summed E-state index contributed by atoms with van der Waals surface area (Å²) in [5.41, 5.74) is 9.09. The predicted octanol–water partition coefficient (Wildman–Crippen LogP) is 10.1. The summed E-state index contributed by atoms with van der Waals surface area (Å²) in [4.78, 5) is 19.5. The van der Waals surface area contributed by atoms with E-state index >= 15 is 0 Å². The third kappa shape index (κ3) is 4.49. The Morgan fingerprint density at radius 1 is 0.468 bits per heavy atom. The van der Waals surface area contributed by atoms with Gasteiger partial charge in [0.05, 0.1) is 11.3 Å². The van der Waals surface area contributed by atoms with E-state index in [1.165, 1.54) is 22.3 Å². The van der Waals surface area contributed by atoms with Crippen LogP contribution in [-0.2, 0) is 5.41 Å². The van der Waals surface area contributed by atoms with Crippen LogP contribution >= 0.6 is 0 Å². The first-order chi connectivity index (χ1) is 23.0. The van der Waals surface area contributed by atoms with Crippen LogP contribution in [0.5, 0.6) is 23.0 Å². The second-order valence-electron chi connectivity index (χ2n) is 12.3. The van der Waals surface area contributed by atoms with Crippen LogP contribution < -0.4 is 9.47 Å². The van der Waals surface area contributed by atoms with Crippen molar-refractivity contribution in [2.24, 2.45) is 0 Å². The molecule has 9 rings (SSSR count). The number of hydrogen-bond acceptors (Lipinski definition) is 6. The minimum atomic E-state index is -0.165. The van der Waals surface area contributed by atoms with Gasteiger partial charge in [-0.2, -0.15) is 0 Å². The van der Waals surface area contributed by atoms with Crippen LogP contribution in [-0.4, -0.2) is 19.9 Å². The topological polar surface area (TPSA) is 70.0 Å². The molecule has 0 amide bonds. The van der Waals surface area contributed by atoms with E-state index in [9.17, 15) is 0 Å². The van der Waals surface area contributed by atoms with Gasteiger partial charge in [-0.15, -0.1) is 0 Å². The van der Waals surface area contributed by atoms with E-state index in [0.717, 1.165) is 27.9 Å². The first-order valence-electron chi connectivity index (χ1n) is 15.6. The fourth-order valence-electron chi connectivity index (χ4n) is 6.67. The van der Waals surface area contributed by atoms with Crippen LogP contribution in [0.4, 0.5) is 0 Å². The number of aromatic nitrogens is 4. The molecule has 1 aliphatic heterocycles. The van der Waals surface area contributed by atoms with E-state index in [2.05, 4.69) is 61.3 Å². The van der Waals surface area contributed by atoms with Crippen molar-refractivity contribution in [2.75, 3.05) is 0 Å². The summed E-state index contributed by atoms with van der Waals surface area (Å²) in [5, 5.41) is 0. The number of hydrogen-bond donors (Lipinski definition) is 0. The molecule has 1 aliphatic carbocycles. The van der Waals surface area contributed by atoms with Crippen molar-refractivity contribution in [3.63, 3.8) is 0 Å². The smallest absolute Gasteiger partial charge is 0.181 e. The van der Waals surface area contributed by atoms with Crippen molar-refractivity contribution in [1.82, 2.24) is 19.9 Å². The molecule has 0 spiro atoms. The molecule has 0 N–H and O–H groups in total. The summed E-state index contributed by atoms with van der Waals surface area (Å²) in [5.74, 6) is 4.17. The number of fused-ring (bicyclic) bond motifs is 5. The van der Waals surface area contributed by atoms with Gasteiger partial charge in [-0.3, -0.25) is 4.98 Å². The number of rotatable bonds is 4. The third-order valence-electron chi connectivity index (χ3n) is 9.05. The molecule has 3 heterocycles. The predicted molar refractivity (Wildman–Crippen MR) is 184 cm³/mol. The molecule has 0 bridgehead atoms. The molecule has 5 aromatic carbocycles. The second kappa shape index (κ2) is 10.5. The van der Waals surface area contributed by atoms with Crippen LogP contribution in [0, 0.1) is 0 Å². The Kier molecular flexibility index (Phi) is 6.05. The zero-order valence-electron chi connectivity index (χ0n) is 25.8. The van der Waals surface area contributed by atoms with Crippen LogP contribution in [0.15, 0.2) is 134 Å². The Balaban J connectivity index is 1.17. The highest BCUT2D eigenvalue weighted by molar-refractivity contribution is 5.84. The maximum atomic E-state index is 6.71. The van der Waals surface area contributed by atoms with Crippen molar-refractivity contribution in [1.29, 1.82) is 0 Å². The monoisotopic (exact) mass is 608 g/mol. The lowest BCUT2D eigenvalue weighted by Gasteiger charge is -2.26. The molecular formula is C41H28N4O2. The molecule has 0 saturated heterocycles. The van der Waals surface area contributed by atoms with Gasteiger partial charge in [0.15, 0.2) is 40.5 Å². The van der Waals surface area contributed by atoms with E-state index in [1.807, 2.05) is 84.9 Å². The molecule has 7 aromatic rings. The molecule has 0 unspecified atom stereocenters. The van der Waals surface area contributed by atoms with E-state index < -0.39 is 0 Å². The summed E-state index contributed by atoms with van der Waals surface area (Å²) in [6.07, 6.45) is 1.80. The minimum absolute atomic E-state index is 0.165. The van der Waals surface area contributed by atoms with Gasteiger partial charge in [-0.05, 0) is 64.7 Å². The van der Waals surface area contributed by atoms with Gasteiger partial charge in [0.2, 0.25) is 0 Å². The Bertz CT molecular complexity index is 2340. The van der Waals surface area contributed by atoms with Crippen LogP contribution in [0.2, 0.25) is 0 Å². The van der Waals surface area contributed by atoms with E-state index in [0.29, 0.717) is 40.5 Å². The van der Waals surface area contributed by atoms with Crippen LogP contribution in [0.3, 0.4) is 0 Å². The quantitative estimate of drug-likeness (QED) is 0.198. The lowest BCUT2D eigenvalue weighted by molar-refractivity contribution is 0.360. The second-order valence-corrected chi connectivity index (χ2v) is 12.3. The van der Waals surface area contributed by atoms with Gasteiger partial charge < -0.3 is 9.47 Å². The first kappa shape index (κ1) is 27.2. The molecule has 0 radical (unpaired) electrons. The highest BCUT2D eigenvalue weighted by Crippen LogP contribution is 2.56. The van der Waals surface area contributed by atoms with Crippen molar-refractivity contribution in [3.8, 4) is 79.5 Å². The Labute approximate surface area is 272 Å². The Hall–Kier alpha value is -6.14. The highest BCUT2D eigenvalue weighted by Gasteiger charge is 2.37.